The minimum atomic E-state index is -0.361. The van der Waals surface area contributed by atoms with Gasteiger partial charge in [-0.2, -0.15) is 5.10 Å². The number of aromatic nitrogens is 2. The van der Waals surface area contributed by atoms with Gasteiger partial charge in [0, 0.05) is 36.2 Å². The first-order chi connectivity index (χ1) is 16.6. The number of benzene rings is 3. The first-order valence-electron chi connectivity index (χ1n) is 11.0. The fraction of sp³-hybridized carbons (Fsp3) is 0.115. The number of hydrogen-bond acceptors (Lipinski definition) is 3. The zero-order valence-electron chi connectivity index (χ0n) is 18.8. The highest BCUT2D eigenvalue weighted by atomic mass is 16.2. The van der Waals surface area contributed by atoms with Crippen molar-refractivity contribution in [2.45, 2.75) is 13.3 Å². The van der Waals surface area contributed by atoms with Gasteiger partial charge in [-0.1, -0.05) is 42.5 Å². The Labute approximate surface area is 198 Å². The molecule has 3 aromatic carbocycles. The molecule has 1 heterocycles. The molecule has 4 amide bonds. The van der Waals surface area contributed by atoms with E-state index in [0.717, 1.165) is 16.9 Å². The van der Waals surface area contributed by atoms with Gasteiger partial charge in [0.1, 0.15) is 0 Å². The third-order valence-corrected chi connectivity index (χ3v) is 5.11. The van der Waals surface area contributed by atoms with Crippen molar-refractivity contribution in [3.05, 3.63) is 102 Å². The van der Waals surface area contributed by atoms with Crippen molar-refractivity contribution >= 4 is 29.1 Å². The average molecular weight is 455 g/mol. The van der Waals surface area contributed by atoms with Crippen molar-refractivity contribution in [3.8, 4) is 5.69 Å². The Morgan fingerprint density at radius 3 is 2.26 bits per heavy atom. The largest absolute Gasteiger partial charge is 0.337 e. The Bertz CT molecular complexity index is 1250. The molecule has 4 N–H and O–H groups in total. The Morgan fingerprint density at radius 2 is 1.50 bits per heavy atom. The summed E-state index contributed by atoms with van der Waals surface area (Å²) >= 11 is 0. The topological polar surface area (TPSA) is 100 Å². The predicted octanol–water partition coefficient (Wildman–Crippen LogP) is 5.19. The molecule has 0 aliphatic carbocycles. The summed E-state index contributed by atoms with van der Waals surface area (Å²) in [6, 6.07) is 25.6. The summed E-state index contributed by atoms with van der Waals surface area (Å²) in [7, 11) is 0. The van der Waals surface area contributed by atoms with Crippen LogP contribution in [0.25, 0.3) is 5.69 Å². The van der Waals surface area contributed by atoms with Gasteiger partial charge in [0.05, 0.1) is 11.4 Å². The molecular weight excluding hydrogens is 428 g/mol. The highest BCUT2D eigenvalue weighted by Gasteiger charge is 2.08. The van der Waals surface area contributed by atoms with E-state index in [1.54, 1.807) is 24.3 Å². The second-order valence-electron chi connectivity index (χ2n) is 7.69. The molecular formula is C26H26N6O2. The van der Waals surface area contributed by atoms with Crippen molar-refractivity contribution in [1.82, 2.24) is 15.1 Å². The molecule has 172 valence electrons. The number of amides is 4. The van der Waals surface area contributed by atoms with Crippen LogP contribution in [-0.4, -0.2) is 28.4 Å². The lowest BCUT2D eigenvalue weighted by Crippen LogP contribution is -2.30. The lowest BCUT2D eigenvalue weighted by molar-refractivity contribution is 0.252. The minimum Gasteiger partial charge on any atom is -0.337 e. The van der Waals surface area contributed by atoms with E-state index in [4.69, 9.17) is 0 Å². The van der Waals surface area contributed by atoms with E-state index in [0.29, 0.717) is 30.0 Å². The van der Waals surface area contributed by atoms with E-state index in [1.807, 2.05) is 78.5 Å². The van der Waals surface area contributed by atoms with Gasteiger partial charge in [-0.3, -0.25) is 0 Å². The SMILES string of the molecule is Cc1ccc(NC(=O)Nc2ccccc2)cc1NC(=O)NCCc1ccn(-c2ccccc2)n1. The number of nitrogens with zero attached hydrogens (tertiary/aromatic N) is 2. The van der Waals surface area contributed by atoms with Gasteiger partial charge < -0.3 is 21.3 Å². The van der Waals surface area contributed by atoms with Crippen LogP contribution in [0.5, 0.6) is 0 Å². The molecule has 8 nitrogen and oxygen atoms in total. The first-order valence-corrected chi connectivity index (χ1v) is 11.0. The molecule has 0 bridgehead atoms. The molecule has 1 aromatic heterocycles. The van der Waals surface area contributed by atoms with E-state index in [1.165, 1.54) is 0 Å². The normalized spacial score (nSPS) is 10.4. The third-order valence-electron chi connectivity index (χ3n) is 5.11. The van der Waals surface area contributed by atoms with Crippen LogP contribution in [0.3, 0.4) is 0 Å². The summed E-state index contributed by atoms with van der Waals surface area (Å²) in [6.07, 6.45) is 2.51. The van der Waals surface area contributed by atoms with Crippen LogP contribution in [0.1, 0.15) is 11.3 Å². The predicted molar refractivity (Wildman–Crippen MR) is 135 cm³/mol. The molecule has 4 aromatic rings. The molecule has 0 atom stereocenters. The zero-order chi connectivity index (χ0) is 23.8. The number of para-hydroxylation sites is 2. The van der Waals surface area contributed by atoms with Crippen molar-refractivity contribution in [1.29, 1.82) is 0 Å². The number of carbonyl (C=O) groups is 2. The maximum absolute atomic E-state index is 12.4. The molecule has 0 aliphatic heterocycles. The molecule has 0 aliphatic rings. The molecule has 0 saturated heterocycles. The monoisotopic (exact) mass is 454 g/mol. The molecule has 0 fully saturated rings. The summed E-state index contributed by atoms with van der Waals surface area (Å²) < 4.78 is 1.81. The number of nitrogens with one attached hydrogen (secondary N) is 4. The number of hydrogen-bond donors (Lipinski definition) is 4. The summed E-state index contributed by atoms with van der Waals surface area (Å²) in [4.78, 5) is 24.6. The Hall–Kier alpha value is -4.59. The molecule has 8 heteroatoms. The number of aryl methyl sites for hydroxylation is 1. The minimum absolute atomic E-state index is 0.323. The van der Waals surface area contributed by atoms with Crippen molar-refractivity contribution < 1.29 is 9.59 Å². The number of anilines is 3. The maximum atomic E-state index is 12.4. The maximum Gasteiger partial charge on any atom is 0.323 e. The van der Waals surface area contributed by atoms with Gasteiger partial charge in [-0.15, -0.1) is 0 Å². The van der Waals surface area contributed by atoms with Gasteiger partial charge in [0.15, 0.2) is 0 Å². The number of urea groups is 2. The van der Waals surface area contributed by atoms with Gasteiger partial charge in [-0.05, 0) is 55.0 Å². The summed E-state index contributed by atoms with van der Waals surface area (Å²) in [5, 5.41) is 15.8. The molecule has 0 spiro atoms. The molecule has 0 radical (unpaired) electrons. The van der Waals surface area contributed by atoms with E-state index < -0.39 is 0 Å². The van der Waals surface area contributed by atoms with Crippen LogP contribution in [0.2, 0.25) is 0 Å². The Morgan fingerprint density at radius 1 is 0.794 bits per heavy atom. The second-order valence-corrected chi connectivity index (χ2v) is 7.69. The van der Waals surface area contributed by atoms with Crippen LogP contribution >= 0.6 is 0 Å². The smallest absolute Gasteiger partial charge is 0.323 e. The Kier molecular flexibility index (Phi) is 7.19. The highest BCUT2D eigenvalue weighted by Crippen LogP contribution is 2.20. The van der Waals surface area contributed by atoms with Crippen molar-refractivity contribution in [3.63, 3.8) is 0 Å². The van der Waals surface area contributed by atoms with Gasteiger partial charge in [-0.25, -0.2) is 14.3 Å². The second kappa shape index (κ2) is 10.8. The van der Waals surface area contributed by atoms with Crippen molar-refractivity contribution in [2.24, 2.45) is 0 Å². The van der Waals surface area contributed by atoms with Crippen molar-refractivity contribution in [2.75, 3.05) is 22.5 Å². The number of carbonyl (C=O) groups excluding carboxylic acids is 2. The standard InChI is InChI=1S/C26H26N6O2/c1-19-12-13-22(29-26(34)28-20-8-4-2-5-9-20)18-24(19)30-25(33)27-16-14-21-15-17-32(31-21)23-10-6-3-7-11-23/h2-13,15,17-18H,14,16H2,1H3,(H2,27,30,33)(H2,28,29,34). The lowest BCUT2D eigenvalue weighted by atomic mass is 10.2. The van der Waals surface area contributed by atoms with Crippen LogP contribution in [-0.2, 0) is 6.42 Å². The first kappa shape index (κ1) is 22.6. The van der Waals surface area contributed by atoms with Crippen LogP contribution in [0, 0.1) is 6.92 Å². The van der Waals surface area contributed by atoms with Gasteiger partial charge in [0.2, 0.25) is 0 Å². The van der Waals surface area contributed by atoms with E-state index in [9.17, 15) is 9.59 Å². The molecule has 0 unspecified atom stereocenters. The molecule has 4 rings (SSSR count). The molecule has 34 heavy (non-hydrogen) atoms. The zero-order valence-corrected chi connectivity index (χ0v) is 18.8. The summed E-state index contributed by atoms with van der Waals surface area (Å²) in [5.41, 5.74) is 4.63. The van der Waals surface area contributed by atoms with Gasteiger partial charge >= 0.3 is 12.1 Å². The lowest BCUT2D eigenvalue weighted by Gasteiger charge is -2.13. The quantitative estimate of drug-likeness (QED) is 0.309. The number of rotatable bonds is 7. The highest BCUT2D eigenvalue weighted by molar-refractivity contribution is 6.00. The van der Waals surface area contributed by atoms with Crippen LogP contribution < -0.4 is 21.3 Å². The van der Waals surface area contributed by atoms with E-state index in [-0.39, 0.29) is 12.1 Å². The fourth-order valence-corrected chi connectivity index (χ4v) is 3.34. The average Bonchev–Trinajstić information content (AvgIpc) is 3.31. The van der Waals surface area contributed by atoms with E-state index >= 15 is 0 Å². The third kappa shape index (κ3) is 6.23. The molecule has 0 saturated carbocycles. The summed E-state index contributed by atoms with van der Waals surface area (Å²) in [6.45, 7) is 2.33. The Balaban J connectivity index is 1.27. The van der Waals surface area contributed by atoms with Gasteiger partial charge in [0.25, 0.3) is 0 Å². The van der Waals surface area contributed by atoms with Crippen LogP contribution in [0.15, 0.2) is 91.1 Å². The summed E-state index contributed by atoms with van der Waals surface area (Å²) in [5.74, 6) is 0. The fourth-order valence-electron chi connectivity index (χ4n) is 3.34. The van der Waals surface area contributed by atoms with Crippen LogP contribution in [0.4, 0.5) is 26.7 Å². The van der Waals surface area contributed by atoms with E-state index in [2.05, 4.69) is 26.4 Å².